The number of benzene rings is 1. The van der Waals surface area contributed by atoms with E-state index in [1.54, 1.807) is 11.3 Å². The lowest BCUT2D eigenvalue weighted by atomic mass is 10.1. The molecule has 0 saturated heterocycles. The highest BCUT2D eigenvalue weighted by atomic mass is 32.1. The monoisotopic (exact) mass is 332 g/mol. The van der Waals surface area contributed by atoms with Crippen LogP contribution >= 0.6 is 11.3 Å². The Hall–Kier alpha value is -2.64. The first-order valence-corrected chi connectivity index (χ1v) is 7.70. The molecule has 0 unspecified atom stereocenters. The average molecular weight is 332 g/mol. The van der Waals surface area contributed by atoms with Crippen LogP contribution in [0.5, 0.6) is 0 Å². The van der Waals surface area contributed by atoms with Crippen LogP contribution < -0.4 is 5.32 Å². The van der Waals surface area contributed by atoms with Crippen molar-refractivity contribution in [2.75, 3.05) is 0 Å². The molecule has 1 aromatic carbocycles. The third kappa shape index (κ3) is 4.94. The number of thiophene rings is 1. The Kier molecular flexibility index (Phi) is 5.90. The quantitative estimate of drug-likeness (QED) is 0.550. The predicted octanol–water partition coefficient (Wildman–Crippen LogP) is 2.67. The molecule has 0 bridgehead atoms. The lowest BCUT2D eigenvalue weighted by Crippen LogP contribution is -2.11. The van der Waals surface area contributed by atoms with Crippen LogP contribution in [0.2, 0.25) is 0 Å². The number of aromatic nitrogens is 1. The summed E-state index contributed by atoms with van der Waals surface area (Å²) in [6.45, 7) is 1.85. The average Bonchev–Trinajstić information content (AvgIpc) is 3.19. The van der Waals surface area contributed by atoms with Crippen molar-refractivity contribution in [3.63, 3.8) is 0 Å². The fraction of sp³-hybridized carbons (Fsp3) is 0.125. The van der Waals surface area contributed by atoms with E-state index in [9.17, 15) is 0 Å². The van der Waals surface area contributed by atoms with Gasteiger partial charge in [-0.2, -0.15) is 0 Å². The van der Waals surface area contributed by atoms with Gasteiger partial charge in [-0.25, -0.2) is 9.59 Å². The van der Waals surface area contributed by atoms with Gasteiger partial charge in [0.25, 0.3) is 0 Å². The third-order valence-corrected chi connectivity index (χ3v) is 3.94. The molecule has 0 aliphatic heterocycles. The Balaban J connectivity index is 0.000000277. The largest absolute Gasteiger partial charge is 0.473 e. The van der Waals surface area contributed by atoms with Crippen LogP contribution in [0, 0.1) is 0 Å². The first-order valence-electron chi connectivity index (χ1n) is 6.82. The number of fused-ring (bicyclic) bond motifs is 1. The zero-order valence-corrected chi connectivity index (χ0v) is 13.0. The van der Waals surface area contributed by atoms with Gasteiger partial charge in [0, 0.05) is 35.1 Å². The standard InChI is InChI=1S/C14H14N2S.C2H2O4/c1-3-11(13-6-7-16-14(13)5-1)9-15-10-12-4-2-8-17-12;3-1(4)2(5)6/h1-8,15-16H,9-10H2;(H,3,4)(H,5,6). The Bertz CT molecular complexity index is 768. The molecule has 2 aromatic heterocycles. The molecule has 0 aliphatic carbocycles. The molecule has 0 radical (unpaired) electrons. The first-order chi connectivity index (χ1) is 11.1. The minimum atomic E-state index is -1.82. The maximum atomic E-state index is 9.10. The second-order valence-electron chi connectivity index (χ2n) is 4.65. The molecule has 0 saturated carbocycles. The van der Waals surface area contributed by atoms with Gasteiger partial charge in [0.05, 0.1) is 0 Å². The Labute approximate surface area is 136 Å². The van der Waals surface area contributed by atoms with Crippen LogP contribution in [0.3, 0.4) is 0 Å². The van der Waals surface area contributed by atoms with Gasteiger partial charge in [-0.05, 0) is 29.1 Å². The van der Waals surface area contributed by atoms with Gasteiger partial charge in [-0.1, -0.05) is 18.2 Å². The summed E-state index contributed by atoms with van der Waals surface area (Å²) in [7, 11) is 0. The van der Waals surface area contributed by atoms with Gasteiger partial charge in [0.2, 0.25) is 0 Å². The Morgan fingerprint density at radius 3 is 2.48 bits per heavy atom. The first kappa shape index (κ1) is 16.7. The van der Waals surface area contributed by atoms with Gasteiger partial charge in [0.1, 0.15) is 0 Å². The maximum absolute atomic E-state index is 9.10. The molecular formula is C16H16N2O4S. The van der Waals surface area contributed by atoms with Crippen LogP contribution in [0.4, 0.5) is 0 Å². The molecule has 23 heavy (non-hydrogen) atoms. The summed E-state index contributed by atoms with van der Waals surface area (Å²) in [5.41, 5.74) is 2.56. The smallest absolute Gasteiger partial charge is 0.414 e. The number of H-pyrrole nitrogens is 1. The number of aliphatic carboxylic acids is 2. The fourth-order valence-corrected chi connectivity index (χ4v) is 2.71. The lowest BCUT2D eigenvalue weighted by molar-refractivity contribution is -0.159. The van der Waals surface area contributed by atoms with E-state index in [0.717, 1.165) is 13.1 Å². The lowest BCUT2D eigenvalue weighted by Gasteiger charge is -2.05. The highest BCUT2D eigenvalue weighted by Gasteiger charge is 2.04. The van der Waals surface area contributed by atoms with Crippen molar-refractivity contribution < 1.29 is 19.8 Å². The zero-order chi connectivity index (χ0) is 16.7. The van der Waals surface area contributed by atoms with Gasteiger partial charge < -0.3 is 20.5 Å². The molecule has 2 heterocycles. The van der Waals surface area contributed by atoms with E-state index in [1.165, 1.54) is 21.3 Å². The van der Waals surface area contributed by atoms with E-state index < -0.39 is 11.9 Å². The summed E-state index contributed by atoms with van der Waals surface area (Å²) in [6, 6.07) is 12.8. The molecule has 0 atom stereocenters. The van der Waals surface area contributed by atoms with Crippen molar-refractivity contribution in [1.82, 2.24) is 10.3 Å². The van der Waals surface area contributed by atoms with E-state index in [0.29, 0.717) is 0 Å². The molecular weight excluding hydrogens is 316 g/mol. The van der Waals surface area contributed by atoms with Crippen molar-refractivity contribution in [1.29, 1.82) is 0 Å². The number of nitrogens with one attached hydrogen (secondary N) is 2. The number of carbonyl (C=O) groups is 2. The number of rotatable bonds is 4. The summed E-state index contributed by atoms with van der Waals surface area (Å²) in [5, 5.41) is 21.7. The van der Waals surface area contributed by atoms with Gasteiger partial charge in [-0.15, -0.1) is 11.3 Å². The van der Waals surface area contributed by atoms with Crippen LogP contribution in [0.15, 0.2) is 48.0 Å². The highest BCUT2D eigenvalue weighted by Crippen LogP contribution is 2.17. The normalized spacial score (nSPS) is 10.1. The van der Waals surface area contributed by atoms with E-state index in [1.807, 2.05) is 6.20 Å². The minimum Gasteiger partial charge on any atom is -0.473 e. The Morgan fingerprint density at radius 2 is 1.83 bits per heavy atom. The molecule has 0 amide bonds. The van der Waals surface area contributed by atoms with Crippen molar-refractivity contribution in [3.05, 3.63) is 58.4 Å². The van der Waals surface area contributed by atoms with E-state index in [4.69, 9.17) is 19.8 Å². The fourth-order valence-electron chi connectivity index (χ4n) is 2.04. The summed E-state index contributed by atoms with van der Waals surface area (Å²) in [6.07, 6.45) is 1.99. The van der Waals surface area contributed by atoms with E-state index >= 15 is 0 Å². The van der Waals surface area contributed by atoms with Crippen molar-refractivity contribution >= 4 is 34.2 Å². The van der Waals surface area contributed by atoms with Crippen LogP contribution in [0.25, 0.3) is 10.9 Å². The van der Waals surface area contributed by atoms with Crippen molar-refractivity contribution in [2.45, 2.75) is 13.1 Å². The SMILES string of the molecule is O=C(O)C(=O)O.c1csc(CNCc2cccc3[nH]ccc23)c1. The molecule has 120 valence electrons. The summed E-state index contributed by atoms with van der Waals surface area (Å²) >= 11 is 1.79. The maximum Gasteiger partial charge on any atom is 0.414 e. The van der Waals surface area contributed by atoms with Gasteiger partial charge >= 0.3 is 11.9 Å². The van der Waals surface area contributed by atoms with Crippen molar-refractivity contribution in [3.8, 4) is 0 Å². The molecule has 0 spiro atoms. The van der Waals surface area contributed by atoms with E-state index in [2.05, 4.69) is 52.1 Å². The number of aromatic amines is 1. The molecule has 0 aliphatic rings. The van der Waals surface area contributed by atoms with Crippen LogP contribution in [0.1, 0.15) is 10.4 Å². The summed E-state index contributed by atoms with van der Waals surface area (Å²) in [4.78, 5) is 22.8. The third-order valence-electron chi connectivity index (χ3n) is 3.06. The highest BCUT2D eigenvalue weighted by molar-refractivity contribution is 7.09. The van der Waals surface area contributed by atoms with Crippen LogP contribution in [-0.4, -0.2) is 27.1 Å². The van der Waals surface area contributed by atoms with Gasteiger partial charge in [0.15, 0.2) is 0 Å². The van der Waals surface area contributed by atoms with Gasteiger partial charge in [-0.3, -0.25) is 0 Å². The molecule has 0 fully saturated rings. The second-order valence-corrected chi connectivity index (χ2v) is 5.68. The topological polar surface area (TPSA) is 102 Å². The minimum absolute atomic E-state index is 0.910. The number of hydrogen-bond acceptors (Lipinski definition) is 4. The molecule has 3 aromatic rings. The Morgan fingerprint density at radius 1 is 1.04 bits per heavy atom. The zero-order valence-electron chi connectivity index (χ0n) is 12.2. The summed E-state index contributed by atoms with van der Waals surface area (Å²) in [5.74, 6) is -3.65. The molecule has 4 N–H and O–H groups in total. The van der Waals surface area contributed by atoms with E-state index in [-0.39, 0.29) is 0 Å². The van der Waals surface area contributed by atoms with Crippen molar-refractivity contribution in [2.24, 2.45) is 0 Å². The number of carboxylic acids is 2. The second kappa shape index (κ2) is 8.11. The van der Waals surface area contributed by atoms with Crippen LogP contribution in [-0.2, 0) is 22.7 Å². The molecule has 3 rings (SSSR count). The molecule has 7 heteroatoms. The summed E-state index contributed by atoms with van der Waals surface area (Å²) < 4.78 is 0. The number of hydrogen-bond donors (Lipinski definition) is 4. The number of carboxylic acid groups (broad SMARTS) is 2. The predicted molar refractivity (Wildman–Crippen MR) is 88.4 cm³/mol. The molecule has 6 nitrogen and oxygen atoms in total.